The lowest BCUT2D eigenvalue weighted by Gasteiger charge is -2.12. The lowest BCUT2D eigenvalue weighted by Crippen LogP contribution is -2.19. The van der Waals surface area contributed by atoms with Crippen LogP contribution in [-0.4, -0.2) is 16.3 Å². The monoisotopic (exact) mass is 297 g/mol. The van der Waals surface area contributed by atoms with Crippen molar-refractivity contribution < 1.29 is 0 Å². The minimum Gasteiger partial charge on any atom is -0.305 e. The summed E-state index contributed by atoms with van der Waals surface area (Å²) in [6.07, 6.45) is 4.43. The largest absolute Gasteiger partial charge is 0.305 e. The molecule has 0 aliphatic rings. The van der Waals surface area contributed by atoms with Gasteiger partial charge in [0.1, 0.15) is 0 Å². The summed E-state index contributed by atoms with van der Waals surface area (Å²) in [7, 11) is 2.00. The van der Waals surface area contributed by atoms with Crippen LogP contribution >= 0.6 is 0 Å². The number of nitrogens with zero attached hydrogens (tertiary/aromatic N) is 2. The predicted octanol–water partition coefficient (Wildman–Crippen LogP) is 4.34. The lowest BCUT2D eigenvalue weighted by atomic mass is 9.96. The summed E-state index contributed by atoms with van der Waals surface area (Å²) in [5.41, 5.74) is 3.65. The first-order chi connectivity index (χ1) is 10.4. The topological polar surface area (TPSA) is 29.9 Å². The van der Waals surface area contributed by atoms with E-state index in [1.807, 2.05) is 17.8 Å². The molecule has 3 nitrogen and oxygen atoms in total. The maximum absolute atomic E-state index is 4.64. The number of rotatable bonds is 5. The van der Waals surface area contributed by atoms with Crippen LogP contribution in [0, 0.1) is 5.41 Å². The molecule has 0 saturated heterocycles. The zero-order valence-electron chi connectivity index (χ0n) is 14.3. The molecule has 0 radical (unpaired) electrons. The molecular weight excluding hydrogens is 270 g/mol. The van der Waals surface area contributed by atoms with Gasteiger partial charge in [-0.15, -0.1) is 0 Å². The van der Waals surface area contributed by atoms with E-state index >= 15 is 0 Å². The summed E-state index contributed by atoms with van der Waals surface area (Å²) in [5, 5.41) is 8.15. The van der Waals surface area contributed by atoms with Gasteiger partial charge in [-0.1, -0.05) is 63.3 Å². The zero-order chi connectivity index (χ0) is 16.2. The molecule has 1 aromatic carbocycles. The summed E-state index contributed by atoms with van der Waals surface area (Å²) in [6, 6.07) is 12.8. The van der Waals surface area contributed by atoms with Gasteiger partial charge in [0.25, 0.3) is 0 Å². The molecule has 1 atom stereocenters. The third kappa shape index (κ3) is 4.57. The van der Waals surface area contributed by atoms with E-state index in [0.717, 1.165) is 17.9 Å². The number of aryl methyl sites for hydroxylation is 1. The normalized spacial score (nSPS) is 13.7. The van der Waals surface area contributed by atoms with Gasteiger partial charge in [-0.2, -0.15) is 5.10 Å². The van der Waals surface area contributed by atoms with Gasteiger partial charge in [-0.05, 0) is 24.0 Å². The lowest BCUT2D eigenvalue weighted by molar-refractivity contribution is 0.537. The van der Waals surface area contributed by atoms with Crippen LogP contribution < -0.4 is 5.32 Å². The summed E-state index contributed by atoms with van der Waals surface area (Å²) in [5.74, 6) is 0. The molecule has 1 heterocycles. The average Bonchev–Trinajstić information content (AvgIpc) is 2.85. The van der Waals surface area contributed by atoms with Crippen molar-refractivity contribution >= 4 is 0 Å². The second-order valence-electron chi connectivity index (χ2n) is 6.84. The van der Waals surface area contributed by atoms with Crippen molar-refractivity contribution in [2.45, 2.75) is 33.7 Å². The van der Waals surface area contributed by atoms with E-state index in [1.54, 1.807) is 0 Å². The molecule has 0 saturated carbocycles. The first-order valence-corrected chi connectivity index (χ1v) is 7.87. The van der Waals surface area contributed by atoms with Crippen LogP contribution in [0.15, 0.2) is 48.6 Å². The molecule has 1 aromatic heterocycles. The van der Waals surface area contributed by atoms with Crippen LogP contribution in [0.1, 0.15) is 39.4 Å². The highest BCUT2D eigenvalue weighted by molar-refractivity contribution is 5.59. The van der Waals surface area contributed by atoms with Crippen LogP contribution in [-0.2, 0) is 7.05 Å². The first-order valence-electron chi connectivity index (χ1n) is 7.87. The summed E-state index contributed by atoms with van der Waals surface area (Å²) < 4.78 is 1.95. The van der Waals surface area contributed by atoms with E-state index in [9.17, 15) is 0 Å². The Morgan fingerprint density at radius 1 is 1.23 bits per heavy atom. The van der Waals surface area contributed by atoms with Crippen LogP contribution in [0.25, 0.3) is 11.3 Å². The Kier molecular flexibility index (Phi) is 5.19. The Morgan fingerprint density at radius 3 is 2.55 bits per heavy atom. The summed E-state index contributed by atoms with van der Waals surface area (Å²) in [6.45, 7) is 9.63. The van der Waals surface area contributed by atoms with E-state index in [0.29, 0.717) is 0 Å². The Balaban J connectivity index is 2.03. The van der Waals surface area contributed by atoms with Crippen molar-refractivity contribution in [3.05, 3.63) is 54.2 Å². The molecule has 1 N–H and O–H groups in total. The van der Waals surface area contributed by atoms with E-state index in [-0.39, 0.29) is 11.5 Å². The van der Waals surface area contributed by atoms with Crippen LogP contribution in [0.2, 0.25) is 0 Å². The second-order valence-corrected chi connectivity index (χ2v) is 6.84. The van der Waals surface area contributed by atoms with E-state index in [4.69, 9.17) is 0 Å². The maximum atomic E-state index is 4.64. The second kappa shape index (κ2) is 6.93. The standard InChI is InChI=1S/C19H27N3/c1-15(20-13-9-12-19(2,3)4)17-14-18(22(5)21-17)16-10-7-6-8-11-16/h6-12,14-15,20H,13H2,1-5H3/b12-9-/t15-/m1/s1. The van der Waals surface area contributed by atoms with Crippen molar-refractivity contribution in [2.75, 3.05) is 6.54 Å². The molecule has 0 aliphatic heterocycles. The summed E-state index contributed by atoms with van der Waals surface area (Å²) in [4.78, 5) is 0. The van der Waals surface area contributed by atoms with Gasteiger partial charge < -0.3 is 5.32 Å². The van der Waals surface area contributed by atoms with Gasteiger partial charge in [-0.3, -0.25) is 4.68 Å². The number of nitrogens with one attached hydrogen (secondary N) is 1. The van der Waals surface area contributed by atoms with Crippen LogP contribution in [0.5, 0.6) is 0 Å². The Labute approximate surface area is 134 Å². The first kappa shape index (κ1) is 16.5. The number of aromatic nitrogens is 2. The fraction of sp³-hybridized carbons (Fsp3) is 0.421. The smallest absolute Gasteiger partial charge is 0.0797 e. The highest BCUT2D eigenvalue weighted by Gasteiger charge is 2.12. The van der Waals surface area contributed by atoms with E-state index in [1.165, 1.54) is 5.56 Å². The Bertz CT molecular complexity index is 618. The number of benzene rings is 1. The molecule has 2 aromatic rings. The molecule has 2 rings (SSSR count). The van der Waals surface area contributed by atoms with Crippen LogP contribution in [0.4, 0.5) is 0 Å². The number of hydrogen-bond donors (Lipinski definition) is 1. The van der Waals surface area contributed by atoms with E-state index < -0.39 is 0 Å². The molecule has 0 bridgehead atoms. The van der Waals surface area contributed by atoms with E-state index in [2.05, 4.69) is 80.6 Å². The van der Waals surface area contributed by atoms with Crippen molar-refractivity contribution in [1.29, 1.82) is 0 Å². The van der Waals surface area contributed by atoms with Gasteiger partial charge in [0, 0.05) is 19.6 Å². The fourth-order valence-corrected chi connectivity index (χ4v) is 2.34. The number of hydrogen-bond acceptors (Lipinski definition) is 2. The quantitative estimate of drug-likeness (QED) is 0.832. The third-order valence-electron chi connectivity index (χ3n) is 3.57. The van der Waals surface area contributed by atoms with Crippen molar-refractivity contribution in [3.63, 3.8) is 0 Å². The number of allylic oxidation sites excluding steroid dienone is 1. The van der Waals surface area contributed by atoms with Crippen LogP contribution in [0.3, 0.4) is 0 Å². The Morgan fingerprint density at radius 2 is 1.91 bits per heavy atom. The van der Waals surface area contributed by atoms with Crippen molar-refractivity contribution in [1.82, 2.24) is 15.1 Å². The van der Waals surface area contributed by atoms with Crippen molar-refractivity contribution in [3.8, 4) is 11.3 Å². The predicted molar refractivity (Wildman–Crippen MR) is 93.7 cm³/mol. The molecule has 22 heavy (non-hydrogen) atoms. The molecule has 0 aliphatic carbocycles. The highest BCUT2D eigenvalue weighted by Crippen LogP contribution is 2.22. The van der Waals surface area contributed by atoms with Gasteiger partial charge in [0.2, 0.25) is 0 Å². The molecule has 118 valence electrons. The molecular formula is C19H27N3. The molecule has 3 heteroatoms. The van der Waals surface area contributed by atoms with Gasteiger partial charge in [0.05, 0.1) is 11.4 Å². The third-order valence-corrected chi connectivity index (χ3v) is 3.57. The van der Waals surface area contributed by atoms with Gasteiger partial charge in [0.15, 0.2) is 0 Å². The SMILES string of the molecule is C[C@@H](NC/C=C\C(C)(C)C)c1cc(-c2ccccc2)n(C)n1. The summed E-state index contributed by atoms with van der Waals surface area (Å²) >= 11 is 0. The maximum Gasteiger partial charge on any atom is 0.0797 e. The highest BCUT2D eigenvalue weighted by atomic mass is 15.3. The Hall–Kier alpha value is -1.87. The average molecular weight is 297 g/mol. The van der Waals surface area contributed by atoms with Gasteiger partial charge >= 0.3 is 0 Å². The molecule has 0 fully saturated rings. The minimum absolute atomic E-state index is 0.230. The molecule has 0 unspecified atom stereocenters. The molecule has 0 spiro atoms. The zero-order valence-corrected chi connectivity index (χ0v) is 14.3. The minimum atomic E-state index is 0.230. The van der Waals surface area contributed by atoms with Crippen molar-refractivity contribution in [2.24, 2.45) is 12.5 Å². The van der Waals surface area contributed by atoms with Gasteiger partial charge in [-0.25, -0.2) is 0 Å². The molecule has 0 amide bonds. The fourth-order valence-electron chi connectivity index (χ4n) is 2.34.